The second-order valence-electron chi connectivity index (χ2n) is 6.24. The standard InChI is InChI=1S/C22H15F2NO4S/c23-15-3-1-14(2-4-15)21-25-17(13-30-21)11-28-22(26)20-10-9-19(29-20)12-27-18-7-5-16(24)6-8-18/h1-10,13H,11-12H2. The fraction of sp³-hybridized carbons (Fsp3) is 0.0909. The van der Waals surface area contributed by atoms with Crippen LogP contribution < -0.4 is 4.74 Å². The molecule has 152 valence electrons. The molecule has 2 heterocycles. The van der Waals surface area contributed by atoms with Gasteiger partial charge in [-0.3, -0.25) is 0 Å². The van der Waals surface area contributed by atoms with Crippen molar-refractivity contribution in [2.24, 2.45) is 0 Å². The normalized spacial score (nSPS) is 10.7. The van der Waals surface area contributed by atoms with Crippen molar-refractivity contribution < 1.29 is 27.5 Å². The first-order chi connectivity index (χ1) is 14.6. The van der Waals surface area contributed by atoms with Gasteiger partial charge in [-0.15, -0.1) is 11.3 Å². The molecule has 2 aromatic heterocycles. The summed E-state index contributed by atoms with van der Waals surface area (Å²) in [7, 11) is 0. The zero-order chi connectivity index (χ0) is 20.9. The predicted octanol–water partition coefficient (Wildman–Crippen LogP) is 5.62. The van der Waals surface area contributed by atoms with E-state index >= 15 is 0 Å². The molecular formula is C22H15F2NO4S. The number of thiazole rings is 1. The number of hydrogen-bond acceptors (Lipinski definition) is 6. The van der Waals surface area contributed by atoms with Gasteiger partial charge in [-0.05, 0) is 60.7 Å². The number of ether oxygens (including phenoxy) is 2. The van der Waals surface area contributed by atoms with E-state index in [1.807, 2.05) is 0 Å². The van der Waals surface area contributed by atoms with Crippen LogP contribution in [0.15, 0.2) is 70.5 Å². The number of rotatable bonds is 7. The summed E-state index contributed by atoms with van der Waals surface area (Å²) in [4.78, 5) is 16.6. The highest BCUT2D eigenvalue weighted by atomic mass is 32.1. The molecule has 0 fully saturated rings. The predicted molar refractivity (Wildman–Crippen MR) is 106 cm³/mol. The highest BCUT2D eigenvalue weighted by molar-refractivity contribution is 7.13. The largest absolute Gasteiger partial charge is 0.486 e. The summed E-state index contributed by atoms with van der Waals surface area (Å²) in [5.74, 6) is -0.336. The fourth-order valence-corrected chi connectivity index (χ4v) is 3.37. The van der Waals surface area contributed by atoms with Crippen molar-refractivity contribution in [2.45, 2.75) is 13.2 Å². The maximum Gasteiger partial charge on any atom is 0.374 e. The lowest BCUT2D eigenvalue weighted by Crippen LogP contribution is -2.04. The zero-order valence-corrected chi connectivity index (χ0v) is 16.3. The van der Waals surface area contributed by atoms with Crippen LogP contribution in [0.25, 0.3) is 10.6 Å². The Kier molecular flexibility index (Phi) is 5.85. The Hall–Kier alpha value is -3.52. The molecule has 8 heteroatoms. The average Bonchev–Trinajstić information content (AvgIpc) is 3.42. The van der Waals surface area contributed by atoms with Crippen molar-refractivity contribution in [2.75, 3.05) is 0 Å². The summed E-state index contributed by atoms with van der Waals surface area (Å²) in [6, 6.07) is 14.7. The molecular weight excluding hydrogens is 412 g/mol. The van der Waals surface area contributed by atoms with Gasteiger partial charge in [-0.25, -0.2) is 18.6 Å². The lowest BCUT2D eigenvalue weighted by Gasteiger charge is -2.03. The fourth-order valence-electron chi connectivity index (χ4n) is 2.56. The van der Waals surface area contributed by atoms with Gasteiger partial charge in [-0.2, -0.15) is 0 Å². The topological polar surface area (TPSA) is 61.6 Å². The lowest BCUT2D eigenvalue weighted by molar-refractivity contribution is 0.0428. The Labute approximate surface area is 174 Å². The smallest absolute Gasteiger partial charge is 0.374 e. The van der Waals surface area contributed by atoms with Gasteiger partial charge in [0.05, 0.1) is 5.69 Å². The van der Waals surface area contributed by atoms with E-state index in [-0.39, 0.29) is 30.6 Å². The zero-order valence-electron chi connectivity index (χ0n) is 15.5. The van der Waals surface area contributed by atoms with Crippen LogP contribution in [0.1, 0.15) is 22.0 Å². The van der Waals surface area contributed by atoms with Crippen LogP contribution in [0, 0.1) is 11.6 Å². The molecule has 0 atom stereocenters. The molecule has 2 aromatic carbocycles. The molecule has 5 nitrogen and oxygen atoms in total. The molecule has 0 aliphatic rings. The van der Waals surface area contributed by atoms with Crippen LogP contribution in [0.5, 0.6) is 5.75 Å². The first-order valence-electron chi connectivity index (χ1n) is 8.91. The van der Waals surface area contributed by atoms with Gasteiger partial charge in [0, 0.05) is 10.9 Å². The lowest BCUT2D eigenvalue weighted by atomic mass is 10.2. The van der Waals surface area contributed by atoms with Crippen molar-refractivity contribution in [3.05, 3.63) is 94.9 Å². The monoisotopic (exact) mass is 427 g/mol. The van der Waals surface area contributed by atoms with Gasteiger partial charge in [-0.1, -0.05) is 0 Å². The van der Waals surface area contributed by atoms with Crippen molar-refractivity contribution in [3.63, 3.8) is 0 Å². The van der Waals surface area contributed by atoms with Gasteiger partial charge in [0.15, 0.2) is 0 Å². The number of halogens is 2. The second kappa shape index (κ2) is 8.87. The van der Waals surface area contributed by atoms with E-state index in [1.165, 1.54) is 53.8 Å². The van der Waals surface area contributed by atoms with Crippen LogP contribution in [0.2, 0.25) is 0 Å². The minimum atomic E-state index is -0.626. The second-order valence-corrected chi connectivity index (χ2v) is 7.09. The summed E-state index contributed by atoms with van der Waals surface area (Å²) in [5, 5.41) is 2.48. The van der Waals surface area contributed by atoms with Crippen LogP contribution in [0.4, 0.5) is 8.78 Å². The first-order valence-corrected chi connectivity index (χ1v) is 9.79. The molecule has 4 aromatic rings. The third-order valence-electron chi connectivity index (χ3n) is 4.05. The third-order valence-corrected chi connectivity index (χ3v) is 4.99. The quantitative estimate of drug-likeness (QED) is 0.359. The molecule has 0 N–H and O–H groups in total. The number of hydrogen-bond donors (Lipinski definition) is 0. The minimum Gasteiger partial charge on any atom is -0.486 e. The SMILES string of the molecule is O=C(OCc1csc(-c2ccc(F)cc2)n1)c1ccc(COc2ccc(F)cc2)o1. The molecule has 0 saturated carbocycles. The van der Waals surface area contributed by atoms with E-state index in [9.17, 15) is 13.6 Å². The Morgan fingerprint density at radius 2 is 1.63 bits per heavy atom. The van der Waals surface area contributed by atoms with Gasteiger partial charge in [0.1, 0.15) is 41.4 Å². The number of carbonyl (C=O) groups excluding carboxylic acids is 1. The number of nitrogens with zero attached hydrogens (tertiary/aromatic N) is 1. The average molecular weight is 427 g/mol. The first kappa shape index (κ1) is 19.8. The molecule has 0 aliphatic carbocycles. The van der Waals surface area contributed by atoms with Crippen LogP contribution in [-0.2, 0) is 18.0 Å². The summed E-state index contributed by atoms with van der Waals surface area (Å²) in [6.45, 7) is 0.0741. The third kappa shape index (κ3) is 4.90. The maximum absolute atomic E-state index is 13.0. The maximum atomic E-state index is 13.0. The number of benzene rings is 2. The van der Waals surface area contributed by atoms with Crippen molar-refractivity contribution >= 4 is 17.3 Å². The van der Waals surface area contributed by atoms with E-state index in [0.717, 1.165) is 5.56 Å². The minimum absolute atomic E-state index is 0.0152. The Morgan fingerprint density at radius 1 is 0.933 bits per heavy atom. The Balaban J connectivity index is 1.30. The number of carbonyl (C=O) groups is 1. The summed E-state index contributed by atoms with van der Waals surface area (Å²) in [5.41, 5.74) is 1.37. The highest BCUT2D eigenvalue weighted by Gasteiger charge is 2.14. The molecule has 0 aliphatic heterocycles. The van der Waals surface area contributed by atoms with Crippen LogP contribution in [-0.4, -0.2) is 11.0 Å². The number of furan rings is 1. The number of esters is 1. The molecule has 4 rings (SSSR count). The van der Waals surface area contributed by atoms with Gasteiger partial charge in [0.25, 0.3) is 0 Å². The molecule has 30 heavy (non-hydrogen) atoms. The van der Waals surface area contributed by atoms with Gasteiger partial charge < -0.3 is 13.9 Å². The van der Waals surface area contributed by atoms with Crippen LogP contribution >= 0.6 is 11.3 Å². The van der Waals surface area contributed by atoms with Crippen molar-refractivity contribution in [1.29, 1.82) is 0 Å². The van der Waals surface area contributed by atoms with E-state index < -0.39 is 5.97 Å². The summed E-state index contributed by atoms with van der Waals surface area (Å²) < 4.78 is 42.1. The van der Waals surface area contributed by atoms with E-state index in [1.54, 1.807) is 23.6 Å². The molecule has 0 unspecified atom stereocenters. The van der Waals surface area contributed by atoms with Gasteiger partial charge in [0.2, 0.25) is 5.76 Å². The molecule has 0 spiro atoms. The van der Waals surface area contributed by atoms with Crippen molar-refractivity contribution in [1.82, 2.24) is 4.98 Å². The summed E-state index contributed by atoms with van der Waals surface area (Å²) in [6.07, 6.45) is 0. The number of aromatic nitrogens is 1. The van der Waals surface area contributed by atoms with E-state index in [0.29, 0.717) is 22.2 Å². The van der Waals surface area contributed by atoms with E-state index in [4.69, 9.17) is 13.9 Å². The summed E-state index contributed by atoms with van der Waals surface area (Å²) >= 11 is 1.38. The Bertz CT molecular complexity index is 1140. The molecule has 0 saturated heterocycles. The van der Waals surface area contributed by atoms with Crippen molar-refractivity contribution in [3.8, 4) is 16.3 Å². The Morgan fingerprint density at radius 3 is 2.37 bits per heavy atom. The van der Waals surface area contributed by atoms with Crippen LogP contribution in [0.3, 0.4) is 0 Å². The molecule has 0 radical (unpaired) electrons. The molecule has 0 amide bonds. The molecule has 0 bridgehead atoms. The highest BCUT2D eigenvalue weighted by Crippen LogP contribution is 2.24. The van der Waals surface area contributed by atoms with E-state index in [2.05, 4.69) is 4.98 Å². The van der Waals surface area contributed by atoms with Gasteiger partial charge >= 0.3 is 5.97 Å².